The average molecular weight is 235 g/mol. The maximum atomic E-state index is 11.6. The molecule has 0 radical (unpaired) electrons. The van der Waals surface area contributed by atoms with Gasteiger partial charge < -0.3 is 14.4 Å². The number of hydrogen-bond acceptors (Lipinski definition) is 4. The SMILES string of the molecule is COC(=O)C1CCc2ccc(OC)cc2N1C. The largest absolute Gasteiger partial charge is 0.497 e. The summed E-state index contributed by atoms with van der Waals surface area (Å²) in [6.07, 6.45) is 1.69. The van der Waals surface area contributed by atoms with E-state index >= 15 is 0 Å². The summed E-state index contributed by atoms with van der Waals surface area (Å²) < 4.78 is 10.0. The number of ether oxygens (including phenoxy) is 2. The summed E-state index contributed by atoms with van der Waals surface area (Å²) in [5.74, 6) is 0.627. The first-order valence-corrected chi connectivity index (χ1v) is 5.65. The molecule has 0 aromatic heterocycles. The summed E-state index contributed by atoms with van der Waals surface area (Å²) >= 11 is 0. The minimum Gasteiger partial charge on any atom is -0.497 e. The normalized spacial score (nSPS) is 18.5. The predicted molar refractivity (Wildman–Crippen MR) is 65.5 cm³/mol. The third kappa shape index (κ3) is 2.07. The highest BCUT2D eigenvalue weighted by Gasteiger charge is 2.29. The van der Waals surface area contributed by atoms with Gasteiger partial charge in [0.2, 0.25) is 0 Å². The van der Waals surface area contributed by atoms with Crippen molar-refractivity contribution in [1.82, 2.24) is 0 Å². The van der Waals surface area contributed by atoms with Crippen LogP contribution in [0, 0.1) is 0 Å². The molecule has 1 aliphatic rings. The Labute approximate surface area is 101 Å². The van der Waals surface area contributed by atoms with E-state index in [9.17, 15) is 4.79 Å². The van der Waals surface area contributed by atoms with Crippen LogP contribution in [0.5, 0.6) is 5.75 Å². The standard InChI is InChI=1S/C13H17NO3/c1-14-11(13(15)17-3)7-5-9-4-6-10(16-2)8-12(9)14/h4,6,8,11H,5,7H2,1-3H3. The van der Waals surface area contributed by atoms with Crippen molar-refractivity contribution in [3.8, 4) is 5.75 Å². The molecule has 1 aromatic carbocycles. The van der Waals surface area contributed by atoms with Gasteiger partial charge in [0.15, 0.2) is 0 Å². The van der Waals surface area contributed by atoms with Crippen LogP contribution in [-0.4, -0.2) is 33.3 Å². The van der Waals surface area contributed by atoms with Gasteiger partial charge in [0.05, 0.1) is 14.2 Å². The topological polar surface area (TPSA) is 38.8 Å². The summed E-state index contributed by atoms with van der Waals surface area (Å²) in [4.78, 5) is 13.6. The van der Waals surface area contributed by atoms with Gasteiger partial charge in [0.1, 0.15) is 11.8 Å². The third-order valence-corrected chi connectivity index (χ3v) is 3.30. The van der Waals surface area contributed by atoms with E-state index in [2.05, 4.69) is 6.07 Å². The lowest BCUT2D eigenvalue weighted by atomic mass is 9.96. The van der Waals surface area contributed by atoms with Crippen LogP contribution >= 0.6 is 0 Å². The molecule has 0 fully saturated rings. The zero-order valence-electron chi connectivity index (χ0n) is 10.4. The van der Waals surface area contributed by atoms with Crippen molar-refractivity contribution in [3.05, 3.63) is 23.8 Å². The molecule has 1 aliphatic heterocycles. The zero-order chi connectivity index (χ0) is 12.4. The van der Waals surface area contributed by atoms with Crippen LogP contribution in [0.4, 0.5) is 5.69 Å². The number of rotatable bonds is 2. The van der Waals surface area contributed by atoms with Gasteiger partial charge in [0.25, 0.3) is 0 Å². The highest BCUT2D eigenvalue weighted by atomic mass is 16.5. The lowest BCUT2D eigenvalue weighted by Crippen LogP contribution is -2.42. The fourth-order valence-electron chi connectivity index (χ4n) is 2.28. The van der Waals surface area contributed by atoms with E-state index in [0.29, 0.717) is 0 Å². The Morgan fingerprint density at radius 1 is 1.41 bits per heavy atom. The molecule has 0 N–H and O–H groups in total. The van der Waals surface area contributed by atoms with Crippen molar-refractivity contribution >= 4 is 11.7 Å². The molecule has 1 aromatic rings. The molecule has 0 saturated carbocycles. The average Bonchev–Trinajstić information content (AvgIpc) is 2.38. The number of nitrogens with zero attached hydrogens (tertiary/aromatic N) is 1. The van der Waals surface area contributed by atoms with Crippen LogP contribution in [0.1, 0.15) is 12.0 Å². The van der Waals surface area contributed by atoms with Crippen molar-refractivity contribution in [1.29, 1.82) is 0 Å². The molecule has 4 heteroatoms. The summed E-state index contributed by atoms with van der Waals surface area (Å²) in [5, 5.41) is 0. The molecule has 0 bridgehead atoms. The minimum absolute atomic E-state index is 0.180. The number of likely N-dealkylation sites (N-methyl/N-ethyl adjacent to an activating group) is 1. The van der Waals surface area contributed by atoms with E-state index in [1.54, 1.807) is 7.11 Å². The van der Waals surface area contributed by atoms with E-state index in [0.717, 1.165) is 24.3 Å². The Hall–Kier alpha value is -1.71. The summed E-state index contributed by atoms with van der Waals surface area (Å²) in [6.45, 7) is 0. The first-order valence-electron chi connectivity index (χ1n) is 5.65. The van der Waals surface area contributed by atoms with Gasteiger partial charge >= 0.3 is 5.97 Å². The minimum atomic E-state index is -0.195. The molecule has 1 atom stereocenters. The van der Waals surface area contributed by atoms with Crippen LogP contribution in [0.15, 0.2) is 18.2 Å². The fourth-order valence-corrected chi connectivity index (χ4v) is 2.28. The van der Waals surface area contributed by atoms with Gasteiger partial charge in [-0.1, -0.05) is 6.07 Å². The quantitative estimate of drug-likeness (QED) is 0.730. The number of anilines is 1. The Bertz CT molecular complexity index is 431. The number of benzene rings is 1. The number of hydrogen-bond donors (Lipinski definition) is 0. The molecule has 0 amide bonds. The lowest BCUT2D eigenvalue weighted by Gasteiger charge is -2.34. The molecule has 2 rings (SSSR count). The number of carbonyl (C=O) groups is 1. The fraction of sp³-hybridized carbons (Fsp3) is 0.462. The Morgan fingerprint density at radius 3 is 2.82 bits per heavy atom. The summed E-state index contributed by atoms with van der Waals surface area (Å²) in [6, 6.07) is 5.77. The second kappa shape index (κ2) is 4.65. The van der Waals surface area contributed by atoms with Crippen LogP contribution < -0.4 is 9.64 Å². The third-order valence-electron chi connectivity index (χ3n) is 3.30. The summed E-state index contributed by atoms with van der Waals surface area (Å²) in [5.41, 5.74) is 2.29. The van der Waals surface area contributed by atoms with Crippen LogP contribution in [0.2, 0.25) is 0 Å². The van der Waals surface area contributed by atoms with Gasteiger partial charge in [0, 0.05) is 18.8 Å². The van der Waals surface area contributed by atoms with Gasteiger partial charge in [-0.25, -0.2) is 4.79 Å². The summed E-state index contributed by atoms with van der Waals surface area (Å²) in [7, 11) is 4.98. The van der Waals surface area contributed by atoms with Crippen molar-refractivity contribution in [2.24, 2.45) is 0 Å². The van der Waals surface area contributed by atoms with E-state index in [4.69, 9.17) is 9.47 Å². The Balaban J connectivity index is 2.33. The Morgan fingerprint density at radius 2 is 2.18 bits per heavy atom. The molecule has 4 nitrogen and oxygen atoms in total. The monoisotopic (exact) mass is 235 g/mol. The number of methoxy groups -OCH3 is 2. The van der Waals surface area contributed by atoms with Crippen molar-refractivity contribution in [3.63, 3.8) is 0 Å². The molecule has 0 spiro atoms. The van der Waals surface area contributed by atoms with Gasteiger partial charge in [-0.3, -0.25) is 0 Å². The highest BCUT2D eigenvalue weighted by molar-refractivity contribution is 5.81. The number of carbonyl (C=O) groups excluding carboxylic acids is 1. The van der Waals surface area contributed by atoms with Crippen molar-refractivity contribution in [2.75, 3.05) is 26.2 Å². The van der Waals surface area contributed by atoms with Crippen LogP contribution in [-0.2, 0) is 16.0 Å². The smallest absolute Gasteiger partial charge is 0.328 e. The first kappa shape index (κ1) is 11.8. The molecule has 1 heterocycles. The second-order valence-electron chi connectivity index (χ2n) is 4.18. The zero-order valence-corrected chi connectivity index (χ0v) is 10.4. The maximum Gasteiger partial charge on any atom is 0.328 e. The molecular weight excluding hydrogens is 218 g/mol. The molecule has 92 valence electrons. The van der Waals surface area contributed by atoms with Gasteiger partial charge in [-0.2, -0.15) is 0 Å². The van der Waals surface area contributed by atoms with Crippen molar-refractivity contribution in [2.45, 2.75) is 18.9 Å². The van der Waals surface area contributed by atoms with Gasteiger partial charge in [-0.15, -0.1) is 0 Å². The highest BCUT2D eigenvalue weighted by Crippen LogP contribution is 2.32. The number of fused-ring (bicyclic) bond motifs is 1. The van der Waals surface area contributed by atoms with Crippen LogP contribution in [0.3, 0.4) is 0 Å². The van der Waals surface area contributed by atoms with E-state index in [1.807, 2.05) is 24.1 Å². The molecule has 1 unspecified atom stereocenters. The van der Waals surface area contributed by atoms with E-state index in [1.165, 1.54) is 12.7 Å². The lowest BCUT2D eigenvalue weighted by molar-refractivity contribution is -0.142. The molecular formula is C13H17NO3. The predicted octanol–water partition coefficient (Wildman–Crippen LogP) is 1.62. The Kier molecular flexibility index (Phi) is 3.22. The first-order chi connectivity index (χ1) is 8.17. The molecule has 0 aliphatic carbocycles. The second-order valence-corrected chi connectivity index (χ2v) is 4.18. The van der Waals surface area contributed by atoms with E-state index < -0.39 is 0 Å². The molecule has 0 saturated heterocycles. The number of esters is 1. The molecule has 17 heavy (non-hydrogen) atoms. The number of aryl methyl sites for hydroxylation is 1. The van der Waals surface area contributed by atoms with Crippen molar-refractivity contribution < 1.29 is 14.3 Å². The van der Waals surface area contributed by atoms with Crippen LogP contribution in [0.25, 0.3) is 0 Å². The van der Waals surface area contributed by atoms with E-state index in [-0.39, 0.29) is 12.0 Å². The van der Waals surface area contributed by atoms with Gasteiger partial charge in [-0.05, 0) is 24.5 Å². The maximum absolute atomic E-state index is 11.6.